The number of likely N-dealkylation sites (tertiary alicyclic amines) is 1. The molecule has 2 fully saturated rings. The summed E-state index contributed by atoms with van der Waals surface area (Å²) in [5.74, 6) is 0.770. The van der Waals surface area contributed by atoms with Gasteiger partial charge in [-0.15, -0.1) is 0 Å². The summed E-state index contributed by atoms with van der Waals surface area (Å²) in [5, 5.41) is 13.2. The van der Waals surface area contributed by atoms with E-state index in [0.29, 0.717) is 18.1 Å². The van der Waals surface area contributed by atoms with E-state index >= 15 is 0 Å². The van der Waals surface area contributed by atoms with Crippen molar-refractivity contribution in [3.63, 3.8) is 0 Å². The summed E-state index contributed by atoms with van der Waals surface area (Å²) in [6.45, 7) is 10.5. The van der Waals surface area contributed by atoms with E-state index in [-0.39, 0.29) is 0 Å². The van der Waals surface area contributed by atoms with E-state index in [9.17, 15) is 5.11 Å². The Morgan fingerprint density at radius 3 is 2.38 bits per heavy atom. The highest BCUT2D eigenvalue weighted by Gasteiger charge is 2.30. The van der Waals surface area contributed by atoms with Crippen molar-refractivity contribution < 1.29 is 5.11 Å². The Morgan fingerprint density at radius 1 is 1.05 bits per heavy atom. The van der Waals surface area contributed by atoms with Crippen LogP contribution >= 0.6 is 0 Å². The van der Waals surface area contributed by atoms with Crippen molar-refractivity contribution in [1.29, 1.82) is 0 Å². The number of β-amino-alcohol motifs (C(OH)–C–C–N with tert-alkyl or cyclic N) is 1. The molecule has 1 aliphatic carbocycles. The number of aliphatic hydroxyl groups is 1. The number of rotatable bonds is 5. The highest BCUT2D eigenvalue weighted by molar-refractivity contribution is 4.88. The highest BCUT2D eigenvalue weighted by atomic mass is 16.3. The third-order valence-electron chi connectivity index (χ3n) is 5.01. The smallest absolute Gasteiger partial charge is 0.0558 e. The minimum Gasteiger partial charge on any atom is -0.395 e. The molecule has 0 amide bonds. The van der Waals surface area contributed by atoms with E-state index in [1.54, 1.807) is 0 Å². The minimum absolute atomic E-state index is 0.290. The fourth-order valence-corrected chi connectivity index (χ4v) is 4.36. The number of nitrogens with zero attached hydrogens (tertiary/aromatic N) is 1. The van der Waals surface area contributed by atoms with Crippen LogP contribution in [0.2, 0.25) is 0 Å². The van der Waals surface area contributed by atoms with Crippen LogP contribution in [0.3, 0.4) is 0 Å². The van der Waals surface area contributed by atoms with Gasteiger partial charge in [0, 0.05) is 31.7 Å². The maximum absolute atomic E-state index is 9.28. The molecule has 0 aromatic carbocycles. The Balaban J connectivity index is 1.88. The molecule has 2 rings (SSSR count). The first-order valence-corrected chi connectivity index (χ1v) is 9.05. The van der Waals surface area contributed by atoms with Gasteiger partial charge in [0.25, 0.3) is 0 Å². The topological polar surface area (TPSA) is 35.5 Å². The Morgan fingerprint density at radius 2 is 1.76 bits per heavy atom. The van der Waals surface area contributed by atoms with Crippen LogP contribution in [-0.4, -0.2) is 48.3 Å². The van der Waals surface area contributed by atoms with Crippen LogP contribution < -0.4 is 5.32 Å². The van der Waals surface area contributed by atoms with Crippen LogP contribution in [0.5, 0.6) is 0 Å². The van der Waals surface area contributed by atoms with Gasteiger partial charge in [-0.1, -0.05) is 40.0 Å². The predicted octanol–water partition coefficient (Wildman–Crippen LogP) is 3.03. The molecule has 3 nitrogen and oxygen atoms in total. The second-order valence-electron chi connectivity index (χ2n) is 8.55. The SMILES string of the molecule is CC(C)(C)CC1CC(NC2CCCCC2)CN(CCO)C1. The number of aliphatic hydroxyl groups excluding tert-OH is 1. The Bertz CT molecular complexity index is 294. The second-order valence-corrected chi connectivity index (χ2v) is 8.55. The zero-order valence-electron chi connectivity index (χ0n) is 14.4. The van der Waals surface area contributed by atoms with Gasteiger partial charge in [0.05, 0.1) is 6.61 Å². The number of hydrogen-bond donors (Lipinski definition) is 2. The van der Waals surface area contributed by atoms with Crippen LogP contribution in [0, 0.1) is 11.3 Å². The first-order valence-electron chi connectivity index (χ1n) is 9.05. The molecule has 2 aliphatic rings. The van der Waals surface area contributed by atoms with Crippen molar-refractivity contribution in [3.05, 3.63) is 0 Å². The summed E-state index contributed by atoms with van der Waals surface area (Å²) < 4.78 is 0. The summed E-state index contributed by atoms with van der Waals surface area (Å²) in [4.78, 5) is 2.47. The van der Waals surface area contributed by atoms with Crippen molar-refractivity contribution in [2.24, 2.45) is 11.3 Å². The van der Waals surface area contributed by atoms with Gasteiger partial charge in [0.2, 0.25) is 0 Å². The quantitative estimate of drug-likeness (QED) is 0.818. The molecule has 1 saturated heterocycles. The molecule has 0 radical (unpaired) electrons. The van der Waals surface area contributed by atoms with E-state index in [1.165, 1.54) is 51.5 Å². The fraction of sp³-hybridized carbons (Fsp3) is 1.00. The largest absolute Gasteiger partial charge is 0.395 e. The van der Waals surface area contributed by atoms with Crippen molar-refractivity contribution in [3.8, 4) is 0 Å². The lowest BCUT2D eigenvalue weighted by Gasteiger charge is -2.41. The molecule has 0 bridgehead atoms. The molecular formula is C18H36N2O. The van der Waals surface area contributed by atoms with E-state index in [2.05, 4.69) is 31.0 Å². The van der Waals surface area contributed by atoms with Crippen LogP contribution in [-0.2, 0) is 0 Å². The lowest BCUT2D eigenvalue weighted by molar-refractivity contribution is 0.0900. The van der Waals surface area contributed by atoms with Gasteiger partial charge in [0.15, 0.2) is 0 Å². The van der Waals surface area contributed by atoms with Crippen LogP contribution in [0.1, 0.15) is 65.7 Å². The van der Waals surface area contributed by atoms with E-state index in [4.69, 9.17) is 0 Å². The molecule has 124 valence electrons. The Kier molecular flexibility index (Phi) is 6.51. The molecule has 3 heteroatoms. The van der Waals surface area contributed by atoms with Gasteiger partial charge in [-0.25, -0.2) is 0 Å². The number of hydrogen-bond acceptors (Lipinski definition) is 3. The standard InChI is InChI=1S/C18H36N2O/c1-18(2,3)12-15-11-17(14-20(13-15)9-10-21)19-16-7-5-4-6-8-16/h15-17,19,21H,4-14H2,1-3H3. The van der Waals surface area contributed by atoms with Crippen molar-refractivity contribution in [2.45, 2.75) is 77.8 Å². The van der Waals surface area contributed by atoms with Gasteiger partial charge < -0.3 is 10.4 Å². The van der Waals surface area contributed by atoms with Crippen molar-refractivity contribution >= 4 is 0 Å². The first kappa shape index (κ1) is 17.2. The highest BCUT2D eigenvalue weighted by Crippen LogP contribution is 2.31. The molecule has 1 aliphatic heterocycles. The molecule has 1 heterocycles. The molecule has 2 atom stereocenters. The number of piperidine rings is 1. The van der Waals surface area contributed by atoms with E-state index < -0.39 is 0 Å². The molecule has 0 aromatic rings. The van der Waals surface area contributed by atoms with E-state index in [0.717, 1.165) is 25.0 Å². The minimum atomic E-state index is 0.290. The lowest BCUT2D eigenvalue weighted by Crippen LogP contribution is -2.53. The first-order chi connectivity index (χ1) is 9.96. The average molecular weight is 296 g/mol. The molecule has 0 spiro atoms. The maximum atomic E-state index is 9.28. The monoisotopic (exact) mass is 296 g/mol. The lowest BCUT2D eigenvalue weighted by atomic mass is 9.79. The zero-order valence-corrected chi connectivity index (χ0v) is 14.4. The summed E-state index contributed by atoms with van der Waals surface area (Å²) in [7, 11) is 0. The summed E-state index contributed by atoms with van der Waals surface area (Å²) in [6.07, 6.45) is 9.55. The predicted molar refractivity (Wildman–Crippen MR) is 89.5 cm³/mol. The van der Waals surface area contributed by atoms with Crippen LogP contribution in [0.25, 0.3) is 0 Å². The molecule has 21 heavy (non-hydrogen) atoms. The van der Waals surface area contributed by atoms with Gasteiger partial charge in [-0.2, -0.15) is 0 Å². The summed E-state index contributed by atoms with van der Waals surface area (Å²) in [5.41, 5.74) is 0.405. The van der Waals surface area contributed by atoms with Gasteiger partial charge in [0.1, 0.15) is 0 Å². The van der Waals surface area contributed by atoms with Gasteiger partial charge >= 0.3 is 0 Å². The summed E-state index contributed by atoms with van der Waals surface area (Å²) >= 11 is 0. The van der Waals surface area contributed by atoms with Crippen molar-refractivity contribution in [1.82, 2.24) is 10.2 Å². The third kappa shape index (κ3) is 6.25. The molecule has 2 N–H and O–H groups in total. The normalized spacial score (nSPS) is 29.7. The molecule has 2 unspecified atom stereocenters. The maximum Gasteiger partial charge on any atom is 0.0558 e. The zero-order chi connectivity index (χ0) is 15.3. The average Bonchev–Trinajstić information content (AvgIpc) is 2.38. The van der Waals surface area contributed by atoms with Crippen LogP contribution in [0.15, 0.2) is 0 Å². The summed E-state index contributed by atoms with van der Waals surface area (Å²) in [6, 6.07) is 1.37. The molecular weight excluding hydrogens is 260 g/mol. The molecule has 1 saturated carbocycles. The van der Waals surface area contributed by atoms with Gasteiger partial charge in [-0.3, -0.25) is 4.90 Å². The van der Waals surface area contributed by atoms with Crippen LogP contribution in [0.4, 0.5) is 0 Å². The Labute approximate surface area is 131 Å². The molecule has 0 aromatic heterocycles. The van der Waals surface area contributed by atoms with Gasteiger partial charge in [-0.05, 0) is 37.0 Å². The van der Waals surface area contributed by atoms with E-state index in [1.807, 2.05) is 0 Å². The Hall–Kier alpha value is -0.120. The number of nitrogens with one attached hydrogen (secondary N) is 1. The second kappa shape index (κ2) is 7.94. The fourth-order valence-electron chi connectivity index (χ4n) is 4.36. The van der Waals surface area contributed by atoms with Crippen molar-refractivity contribution in [2.75, 3.05) is 26.2 Å². The third-order valence-corrected chi connectivity index (χ3v) is 5.01.